The van der Waals surface area contributed by atoms with Crippen molar-refractivity contribution in [3.05, 3.63) is 0 Å². The van der Waals surface area contributed by atoms with Gasteiger partial charge >= 0.3 is 5.97 Å². The highest BCUT2D eigenvalue weighted by Crippen LogP contribution is 2.28. The number of carbonyl (C=O) groups is 1. The van der Waals surface area contributed by atoms with Gasteiger partial charge in [0.25, 0.3) is 0 Å². The number of thioether (sulfide) groups is 1. The quantitative estimate of drug-likeness (QED) is 0.642. The van der Waals surface area contributed by atoms with Crippen molar-refractivity contribution in [2.75, 3.05) is 19.5 Å². The lowest BCUT2D eigenvalue weighted by molar-refractivity contribution is -0.148. The minimum Gasteiger partial charge on any atom is -0.468 e. The number of aliphatic hydroxyl groups is 1. The van der Waals surface area contributed by atoms with Gasteiger partial charge in [-0.15, -0.1) is 0 Å². The van der Waals surface area contributed by atoms with Crippen LogP contribution in [0.3, 0.4) is 0 Å². The van der Waals surface area contributed by atoms with E-state index in [-0.39, 0.29) is 12.6 Å². The van der Waals surface area contributed by atoms with E-state index in [4.69, 9.17) is 9.84 Å². The van der Waals surface area contributed by atoms with E-state index in [1.165, 1.54) is 7.11 Å². The Morgan fingerprint density at radius 2 is 2.29 bits per heavy atom. The van der Waals surface area contributed by atoms with Gasteiger partial charge in [-0.25, -0.2) is 0 Å². The maximum absolute atomic E-state index is 11.9. The molecule has 1 aliphatic carbocycles. The van der Waals surface area contributed by atoms with E-state index in [1.807, 2.05) is 6.92 Å². The van der Waals surface area contributed by atoms with Crippen molar-refractivity contribution in [2.45, 2.75) is 49.9 Å². The van der Waals surface area contributed by atoms with Crippen LogP contribution in [0, 0.1) is 0 Å². The zero-order valence-electron chi connectivity index (χ0n) is 10.9. The van der Waals surface area contributed by atoms with Gasteiger partial charge < -0.3 is 9.84 Å². The van der Waals surface area contributed by atoms with Crippen molar-refractivity contribution >= 4 is 17.7 Å². The SMILES string of the molecule is COC(=O)C(C)(CC(C)SCCO)NC1CC1. The number of aliphatic hydroxyl groups excluding tert-OH is 1. The summed E-state index contributed by atoms with van der Waals surface area (Å²) in [6.45, 7) is 4.17. The second-order valence-corrected chi connectivity index (χ2v) is 6.40. The molecule has 1 rings (SSSR count). The molecule has 0 radical (unpaired) electrons. The molecule has 1 saturated carbocycles. The first-order valence-corrected chi connectivity index (χ1v) is 7.15. The van der Waals surface area contributed by atoms with Gasteiger partial charge in [0.2, 0.25) is 0 Å². The van der Waals surface area contributed by atoms with Crippen LogP contribution < -0.4 is 5.32 Å². The topological polar surface area (TPSA) is 58.6 Å². The number of esters is 1. The second kappa shape index (κ2) is 6.61. The summed E-state index contributed by atoms with van der Waals surface area (Å²) in [6.07, 6.45) is 3.01. The van der Waals surface area contributed by atoms with Gasteiger partial charge in [-0.05, 0) is 26.2 Å². The zero-order valence-corrected chi connectivity index (χ0v) is 11.7. The van der Waals surface area contributed by atoms with E-state index in [0.29, 0.717) is 17.0 Å². The van der Waals surface area contributed by atoms with Crippen LogP contribution in [0.1, 0.15) is 33.1 Å². The minimum atomic E-state index is -0.599. The lowest BCUT2D eigenvalue weighted by Crippen LogP contribution is -2.52. The fraction of sp³-hybridized carbons (Fsp3) is 0.917. The number of carbonyl (C=O) groups excluding carboxylic acids is 1. The molecule has 100 valence electrons. The van der Waals surface area contributed by atoms with Gasteiger partial charge in [-0.1, -0.05) is 6.92 Å². The van der Waals surface area contributed by atoms with Gasteiger partial charge in [-0.2, -0.15) is 11.8 Å². The maximum atomic E-state index is 11.9. The maximum Gasteiger partial charge on any atom is 0.325 e. The van der Waals surface area contributed by atoms with Crippen LogP contribution in [0.5, 0.6) is 0 Å². The highest BCUT2D eigenvalue weighted by molar-refractivity contribution is 7.99. The van der Waals surface area contributed by atoms with Crippen LogP contribution in [-0.2, 0) is 9.53 Å². The fourth-order valence-electron chi connectivity index (χ4n) is 1.99. The first-order chi connectivity index (χ1) is 8.01. The van der Waals surface area contributed by atoms with Crippen molar-refractivity contribution in [1.82, 2.24) is 5.32 Å². The van der Waals surface area contributed by atoms with Crippen LogP contribution in [0.2, 0.25) is 0 Å². The molecular formula is C12H23NO3S. The second-order valence-electron chi connectivity index (χ2n) is 4.85. The summed E-state index contributed by atoms with van der Waals surface area (Å²) in [5.74, 6) is 0.517. The number of hydrogen-bond acceptors (Lipinski definition) is 5. The molecule has 0 aromatic heterocycles. The van der Waals surface area contributed by atoms with Crippen LogP contribution in [0.4, 0.5) is 0 Å². The first-order valence-electron chi connectivity index (χ1n) is 6.10. The smallest absolute Gasteiger partial charge is 0.325 e. The van der Waals surface area contributed by atoms with E-state index < -0.39 is 5.54 Å². The molecule has 0 saturated heterocycles. The monoisotopic (exact) mass is 261 g/mol. The van der Waals surface area contributed by atoms with Gasteiger partial charge in [0, 0.05) is 17.0 Å². The Kier molecular flexibility index (Phi) is 5.76. The number of nitrogens with one attached hydrogen (secondary N) is 1. The predicted octanol–water partition coefficient (Wildman–Crippen LogP) is 1.17. The van der Waals surface area contributed by atoms with Crippen molar-refractivity contribution in [2.24, 2.45) is 0 Å². The number of hydrogen-bond donors (Lipinski definition) is 2. The van der Waals surface area contributed by atoms with E-state index in [1.54, 1.807) is 11.8 Å². The Morgan fingerprint density at radius 1 is 1.65 bits per heavy atom. The molecule has 2 atom stereocenters. The summed E-state index contributed by atoms with van der Waals surface area (Å²) >= 11 is 1.68. The molecule has 0 amide bonds. The Balaban J connectivity index is 2.52. The summed E-state index contributed by atoms with van der Waals surface area (Å²) < 4.78 is 4.89. The molecule has 4 nitrogen and oxygen atoms in total. The molecule has 17 heavy (non-hydrogen) atoms. The lowest BCUT2D eigenvalue weighted by Gasteiger charge is -2.30. The predicted molar refractivity (Wildman–Crippen MR) is 70.2 cm³/mol. The largest absolute Gasteiger partial charge is 0.468 e. The summed E-state index contributed by atoms with van der Waals surface area (Å²) in [5.41, 5.74) is -0.599. The molecule has 0 heterocycles. The molecule has 1 aliphatic rings. The Labute approximate surface area is 107 Å². The van der Waals surface area contributed by atoms with E-state index in [9.17, 15) is 4.79 Å². The fourth-order valence-corrected chi connectivity index (χ4v) is 2.95. The van der Waals surface area contributed by atoms with Crippen LogP contribution in [0.25, 0.3) is 0 Å². The Hall–Kier alpha value is -0.260. The van der Waals surface area contributed by atoms with Crippen LogP contribution >= 0.6 is 11.8 Å². The number of rotatable bonds is 8. The summed E-state index contributed by atoms with van der Waals surface area (Å²) in [5, 5.41) is 12.5. The summed E-state index contributed by atoms with van der Waals surface area (Å²) in [4.78, 5) is 11.9. The molecule has 1 fully saturated rings. The minimum absolute atomic E-state index is 0.181. The summed E-state index contributed by atoms with van der Waals surface area (Å²) in [6, 6.07) is 0.467. The van der Waals surface area contributed by atoms with Crippen LogP contribution in [0.15, 0.2) is 0 Å². The third-order valence-corrected chi connectivity index (χ3v) is 4.08. The van der Waals surface area contributed by atoms with Crippen molar-refractivity contribution in [1.29, 1.82) is 0 Å². The number of ether oxygens (including phenoxy) is 1. The van der Waals surface area contributed by atoms with Gasteiger partial charge in [-0.3, -0.25) is 10.1 Å². The van der Waals surface area contributed by atoms with Crippen molar-refractivity contribution in [3.63, 3.8) is 0 Å². The standard InChI is InChI=1S/C12H23NO3S/c1-9(17-7-6-14)8-12(2,11(15)16-3)13-10-4-5-10/h9-10,13-14H,4-8H2,1-3H3. The average molecular weight is 261 g/mol. The van der Waals surface area contributed by atoms with E-state index in [2.05, 4.69) is 12.2 Å². The molecule has 2 N–H and O–H groups in total. The number of methoxy groups -OCH3 is 1. The molecular weight excluding hydrogens is 238 g/mol. The third-order valence-electron chi connectivity index (χ3n) is 2.93. The molecule has 0 aliphatic heterocycles. The molecule has 0 bridgehead atoms. The molecule has 2 unspecified atom stereocenters. The Bertz CT molecular complexity index is 258. The van der Waals surface area contributed by atoms with E-state index in [0.717, 1.165) is 19.3 Å². The lowest BCUT2D eigenvalue weighted by atomic mass is 9.96. The molecule has 5 heteroatoms. The molecule has 0 aromatic rings. The summed E-state index contributed by atoms with van der Waals surface area (Å²) in [7, 11) is 1.43. The van der Waals surface area contributed by atoms with Gasteiger partial charge in [0.1, 0.15) is 5.54 Å². The zero-order chi connectivity index (χ0) is 12.9. The van der Waals surface area contributed by atoms with Crippen LogP contribution in [-0.4, -0.2) is 47.4 Å². The highest BCUT2D eigenvalue weighted by Gasteiger charge is 2.40. The third kappa shape index (κ3) is 4.85. The Morgan fingerprint density at radius 3 is 2.76 bits per heavy atom. The highest BCUT2D eigenvalue weighted by atomic mass is 32.2. The van der Waals surface area contributed by atoms with Gasteiger partial charge in [0.05, 0.1) is 13.7 Å². The van der Waals surface area contributed by atoms with Crippen molar-refractivity contribution < 1.29 is 14.6 Å². The van der Waals surface area contributed by atoms with Crippen molar-refractivity contribution in [3.8, 4) is 0 Å². The average Bonchev–Trinajstić information content (AvgIpc) is 3.08. The molecule has 0 spiro atoms. The molecule has 0 aromatic carbocycles. The van der Waals surface area contributed by atoms with Gasteiger partial charge in [0.15, 0.2) is 0 Å². The van der Waals surface area contributed by atoms with E-state index >= 15 is 0 Å². The normalized spacial score (nSPS) is 20.7. The first kappa shape index (κ1) is 14.8.